The van der Waals surface area contributed by atoms with Gasteiger partial charge in [0.15, 0.2) is 0 Å². The molecule has 5 nitrogen and oxygen atoms in total. The van der Waals surface area contributed by atoms with Crippen molar-refractivity contribution in [2.45, 2.75) is 18.5 Å². The van der Waals surface area contributed by atoms with Crippen LogP contribution >= 0.6 is 0 Å². The van der Waals surface area contributed by atoms with Crippen LogP contribution in [0, 0.1) is 0 Å². The summed E-state index contributed by atoms with van der Waals surface area (Å²) in [6, 6.07) is 20.8. The molecule has 1 aliphatic rings. The fourth-order valence-electron chi connectivity index (χ4n) is 3.56. The van der Waals surface area contributed by atoms with E-state index in [1.807, 2.05) is 66.7 Å². The first-order chi connectivity index (χ1) is 12.3. The van der Waals surface area contributed by atoms with Crippen molar-refractivity contribution in [2.75, 3.05) is 0 Å². The molecule has 0 unspecified atom stereocenters. The van der Waals surface area contributed by atoms with Gasteiger partial charge in [-0.05, 0) is 39.9 Å². The van der Waals surface area contributed by atoms with Crippen LogP contribution in [0.15, 0.2) is 71.8 Å². The van der Waals surface area contributed by atoms with Gasteiger partial charge in [-0.3, -0.25) is 4.79 Å². The zero-order valence-electron chi connectivity index (χ0n) is 13.5. The lowest BCUT2D eigenvalue weighted by Gasteiger charge is -2.19. The highest BCUT2D eigenvalue weighted by atomic mass is 16.1. The third-order valence-electron chi connectivity index (χ3n) is 4.72. The second kappa shape index (κ2) is 6.30. The predicted octanol–water partition coefficient (Wildman–Crippen LogP) is 4.55. The molecule has 2 atom stereocenters. The minimum absolute atomic E-state index is 0.156. The number of hydrogen-bond acceptors (Lipinski definition) is 2. The van der Waals surface area contributed by atoms with Gasteiger partial charge in [-0.2, -0.15) is 0 Å². The van der Waals surface area contributed by atoms with E-state index < -0.39 is 0 Å². The summed E-state index contributed by atoms with van der Waals surface area (Å²) in [7, 11) is 0. The van der Waals surface area contributed by atoms with Gasteiger partial charge < -0.3 is 5.32 Å². The van der Waals surface area contributed by atoms with E-state index in [1.54, 1.807) is 0 Å². The van der Waals surface area contributed by atoms with Crippen LogP contribution in [-0.4, -0.2) is 11.9 Å². The van der Waals surface area contributed by atoms with Crippen molar-refractivity contribution < 1.29 is 4.79 Å². The van der Waals surface area contributed by atoms with Crippen molar-refractivity contribution in [1.29, 1.82) is 0 Å². The monoisotopic (exact) mass is 328 g/mol. The van der Waals surface area contributed by atoms with E-state index in [1.165, 1.54) is 0 Å². The Morgan fingerprint density at radius 1 is 1.04 bits per heavy atom. The van der Waals surface area contributed by atoms with Crippen molar-refractivity contribution in [3.63, 3.8) is 0 Å². The predicted molar refractivity (Wildman–Crippen MR) is 97.2 cm³/mol. The van der Waals surface area contributed by atoms with Crippen molar-refractivity contribution in [2.24, 2.45) is 5.11 Å². The van der Waals surface area contributed by atoms with Crippen LogP contribution in [0.4, 0.5) is 0 Å². The number of nitrogens with zero attached hydrogens (tertiary/aromatic N) is 3. The average Bonchev–Trinajstić information content (AvgIpc) is 2.99. The van der Waals surface area contributed by atoms with Gasteiger partial charge in [-0.25, -0.2) is 0 Å². The second-order valence-electron chi connectivity index (χ2n) is 6.15. The molecular weight excluding hydrogens is 312 g/mol. The maximum absolute atomic E-state index is 12.9. The summed E-state index contributed by atoms with van der Waals surface area (Å²) in [6.07, 6.45) is 0.640. The summed E-state index contributed by atoms with van der Waals surface area (Å²) in [5.41, 5.74) is 11.6. The van der Waals surface area contributed by atoms with Crippen LogP contribution in [-0.2, 0) is 6.42 Å². The number of nitrogens with one attached hydrogen (secondary N) is 1. The molecule has 0 saturated heterocycles. The molecule has 1 amide bonds. The van der Waals surface area contributed by atoms with Gasteiger partial charge in [0.2, 0.25) is 0 Å². The molecule has 1 aliphatic carbocycles. The van der Waals surface area contributed by atoms with Crippen LogP contribution in [0.5, 0.6) is 0 Å². The SMILES string of the molecule is [N-]=[N+]=N[C@@H]1Cc2ccccc2[C@H]1NC(=O)c1cccc2ccccc12. The van der Waals surface area contributed by atoms with Gasteiger partial charge in [0.05, 0.1) is 12.1 Å². The summed E-state index contributed by atoms with van der Waals surface area (Å²) in [6.45, 7) is 0. The number of fused-ring (bicyclic) bond motifs is 2. The van der Waals surface area contributed by atoms with E-state index in [4.69, 9.17) is 5.53 Å². The number of azide groups is 1. The Labute approximate surface area is 144 Å². The molecular formula is C20H16N4O. The van der Waals surface area contributed by atoms with E-state index in [-0.39, 0.29) is 18.0 Å². The number of benzene rings is 3. The molecule has 0 aliphatic heterocycles. The van der Waals surface area contributed by atoms with Gasteiger partial charge in [-0.15, -0.1) is 0 Å². The highest BCUT2D eigenvalue weighted by molar-refractivity contribution is 6.07. The van der Waals surface area contributed by atoms with Crippen LogP contribution in [0.3, 0.4) is 0 Å². The second-order valence-corrected chi connectivity index (χ2v) is 6.15. The van der Waals surface area contributed by atoms with Crippen molar-refractivity contribution in [3.05, 3.63) is 93.9 Å². The summed E-state index contributed by atoms with van der Waals surface area (Å²) in [4.78, 5) is 15.9. The molecule has 3 aromatic carbocycles. The third kappa shape index (κ3) is 2.71. The van der Waals surface area contributed by atoms with Crippen molar-refractivity contribution in [1.82, 2.24) is 5.32 Å². The minimum atomic E-state index is -0.307. The number of rotatable bonds is 3. The number of hydrogen-bond donors (Lipinski definition) is 1. The van der Waals surface area contributed by atoms with E-state index in [0.29, 0.717) is 12.0 Å². The lowest BCUT2D eigenvalue weighted by atomic mass is 10.0. The van der Waals surface area contributed by atoms with Crippen LogP contribution in [0.25, 0.3) is 21.2 Å². The molecule has 122 valence electrons. The Balaban J connectivity index is 1.70. The maximum Gasteiger partial charge on any atom is 0.252 e. The molecule has 5 heteroatoms. The van der Waals surface area contributed by atoms with Gasteiger partial charge in [0, 0.05) is 10.5 Å². The number of amides is 1. The van der Waals surface area contributed by atoms with Gasteiger partial charge in [-0.1, -0.05) is 65.8 Å². The topological polar surface area (TPSA) is 77.9 Å². The molecule has 0 spiro atoms. The minimum Gasteiger partial charge on any atom is -0.345 e. The first-order valence-electron chi connectivity index (χ1n) is 8.18. The molecule has 1 N–H and O–H groups in total. The summed E-state index contributed by atoms with van der Waals surface area (Å²) >= 11 is 0. The Bertz CT molecular complexity index is 1000. The van der Waals surface area contributed by atoms with Crippen LogP contribution < -0.4 is 5.32 Å². The zero-order chi connectivity index (χ0) is 17.2. The highest BCUT2D eigenvalue weighted by Crippen LogP contribution is 2.34. The average molecular weight is 328 g/mol. The van der Waals surface area contributed by atoms with E-state index in [0.717, 1.165) is 21.9 Å². The quantitative estimate of drug-likeness (QED) is 0.427. The fourth-order valence-corrected chi connectivity index (χ4v) is 3.56. The summed E-state index contributed by atoms with van der Waals surface area (Å²) in [5.74, 6) is -0.156. The standard InChI is InChI=1S/C20H16N4O/c21-24-23-18-12-14-7-2-4-10-16(14)19(18)22-20(25)17-11-5-8-13-6-1-3-9-15(13)17/h1-11,18-19H,12H2,(H,22,25)/t18-,19-/m1/s1. The van der Waals surface area contributed by atoms with Gasteiger partial charge >= 0.3 is 0 Å². The molecule has 0 heterocycles. The lowest BCUT2D eigenvalue weighted by molar-refractivity contribution is 0.0934. The largest absolute Gasteiger partial charge is 0.345 e. The van der Waals surface area contributed by atoms with Gasteiger partial charge in [0.1, 0.15) is 0 Å². The van der Waals surface area contributed by atoms with E-state index in [2.05, 4.69) is 15.3 Å². The van der Waals surface area contributed by atoms with Crippen LogP contribution in [0.1, 0.15) is 27.5 Å². The lowest BCUT2D eigenvalue weighted by Crippen LogP contribution is -2.33. The molecule has 3 aromatic rings. The summed E-state index contributed by atoms with van der Waals surface area (Å²) < 4.78 is 0. The van der Waals surface area contributed by atoms with Crippen LogP contribution in [0.2, 0.25) is 0 Å². The smallest absolute Gasteiger partial charge is 0.252 e. The molecule has 0 radical (unpaired) electrons. The van der Waals surface area contributed by atoms with Gasteiger partial charge in [0.25, 0.3) is 5.91 Å². The molecule has 0 saturated carbocycles. The zero-order valence-corrected chi connectivity index (χ0v) is 13.5. The summed E-state index contributed by atoms with van der Waals surface area (Å²) in [5, 5.41) is 8.90. The first kappa shape index (κ1) is 15.2. The molecule has 25 heavy (non-hydrogen) atoms. The molecule has 0 fully saturated rings. The Kier molecular flexibility index (Phi) is 3.84. The number of carbonyl (C=O) groups is 1. The first-order valence-corrected chi connectivity index (χ1v) is 8.18. The molecule has 4 rings (SSSR count). The maximum atomic E-state index is 12.9. The Morgan fingerprint density at radius 3 is 2.68 bits per heavy atom. The van der Waals surface area contributed by atoms with E-state index >= 15 is 0 Å². The fraction of sp³-hybridized carbons (Fsp3) is 0.150. The Morgan fingerprint density at radius 2 is 1.80 bits per heavy atom. The highest BCUT2D eigenvalue weighted by Gasteiger charge is 2.33. The van der Waals surface area contributed by atoms with Crippen molar-refractivity contribution in [3.8, 4) is 0 Å². The normalized spacial score (nSPS) is 18.4. The molecule has 0 bridgehead atoms. The molecule has 0 aromatic heterocycles. The Hall–Kier alpha value is -3.30. The third-order valence-corrected chi connectivity index (χ3v) is 4.72. The number of carbonyl (C=O) groups excluding carboxylic acids is 1. The van der Waals surface area contributed by atoms with E-state index in [9.17, 15) is 4.79 Å². The van der Waals surface area contributed by atoms with Crippen molar-refractivity contribution >= 4 is 16.7 Å².